The summed E-state index contributed by atoms with van der Waals surface area (Å²) >= 11 is 0. The van der Waals surface area contributed by atoms with Crippen molar-refractivity contribution in [2.75, 3.05) is 7.05 Å². The zero-order valence-electron chi connectivity index (χ0n) is 9.95. The van der Waals surface area contributed by atoms with Crippen molar-refractivity contribution in [3.63, 3.8) is 0 Å². The highest BCUT2D eigenvalue weighted by atomic mass is 127. The van der Waals surface area contributed by atoms with E-state index in [2.05, 4.69) is 20.4 Å². The number of rotatable bonds is 3. The summed E-state index contributed by atoms with van der Waals surface area (Å²) in [5, 5.41) is 7.12. The third-order valence-electron chi connectivity index (χ3n) is 2.26. The number of aromatic nitrogens is 3. The summed E-state index contributed by atoms with van der Waals surface area (Å²) in [6, 6.07) is 5.72. The first kappa shape index (κ1) is 14.4. The fourth-order valence-corrected chi connectivity index (χ4v) is 1.37. The van der Waals surface area contributed by atoms with Crippen LogP contribution in [-0.4, -0.2) is 27.8 Å². The fourth-order valence-electron chi connectivity index (χ4n) is 1.37. The number of guanidine groups is 1. The van der Waals surface area contributed by atoms with Crippen LogP contribution in [0, 0.1) is 0 Å². The number of halogens is 1. The highest BCUT2D eigenvalue weighted by molar-refractivity contribution is 14.0. The van der Waals surface area contributed by atoms with Crippen LogP contribution < -0.4 is 11.1 Å². The first-order chi connectivity index (χ1) is 8.29. The SMILES string of the molecule is CN=C(N)NCc1ccnc(-n2cccn2)c1.I. The fraction of sp³-hybridized carbons (Fsp3) is 0.182. The Kier molecular flexibility index (Phi) is 5.56. The predicted molar refractivity (Wildman–Crippen MR) is 81.2 cm³/mol. The minimum Gasteiger partial charge on any atom is -0.370 e. The largest absolute Gasteiger partial charge is 0.370 e. The lowest BCUT2D eigenvalue weighted by atomic mass is 10.2. The first-order valence-electron chi connectivity index (χ1n) is 5.20. The van der Waals surface area contributed by atoms with Crippen molar-refractivity contribution >= 4 is 29.9 Å². The number of hydrogen-bond donors (Lipinski definition) is 2. The molecule has 3 N–H and O–H groups in total. The van der Waals surface area contributed by atoms with Crippen LogP contribution in [0.2, 0.25) is 0 Å². The van der Waals surface area contributed by atoms with Crippen LogP contribution in [0.25, 0.3) is 5.82 Å². The zero-order chi connectivity index (χ0) is 12.1. The Labute approximate surface area is 122 Å². The van der Waals surface area contributed by atoms with Crippen molar-refractivity contribution in [1.82, 2.24) is 20.1 Å². The van der Waals surface area contributed by atoms with Gasteiger partial charge in [0.15, 0.2) is 11.8 Å². The van der Waals surface area contributed by atoms with Gasteiger partial charge in [0.2, 0.25) is 0 Å². The molecular weight excluding hydrogens is 343 g/mol. The van der Waals surface area contributed by atoms with Gasteiger partial charge in [0.05, 0.1) is 0 Å². The second kappa shape index (κ2) is 6.94. The molecule has 0 aliphatic carbocycles. The average Bonchev–Trinajstić information content (AvgIpc) is 2.90. The van der Waals surface area contributed by atoms with E-state index in [4.69, 9.17) is 5.73 Å². The van der Waals surface area contributed by atoms with Crippen LogP contribution >= 0.6 is 24.0 Å². The van der Waals surface area contributed by atoms with E-state index in [1.165, 1.54) is 0 Å². The Balaban J connectivity index is 0.00000162. The van der Waals surface area contributed by atoms with Gasteiger partial charge in [-0.1, -0.05) is 0 Å². The lowest BCUT2D eigenvalue weighted by Crippen LogP contribution is -2.30. The van der Waals surface area contributed by atoms with Crippen molar-refractivity contribution in [3.8, 4) is 5.82 Å². The number of nitrogens with zero attached hydrogens (tertiary/aromatic N) is 4. The summed E-state index contributed by atoms with van der Waals surface area (Å²) < 4.78 is 1.71. The number of nitrogens with one attached hydrogen (secondary N) is 1. The van der Waals surface area contributed by atoms with Crippen LogP contribution in [0.15, 0.2) is 41.8 Å². The van der Waals surface area contributed by atoms with E-state index in [-0.39, 0.29) is 24.0 Å². The molecule has 0 bridgehead atoms. The third kappa shape index (κ3) is 3.69. The van der Waals surface area contributed by atoms with Gasteiger partial charge in [-0.2, -0.15) is 5.10 Å². The summed E-state index contributed by atoms with van der Waals surface area (Å²) in [6.45, 7) is 0.611. The topological polar surface area (TPSA) is 81.1 Å². The van der Waals surface area contributed by atoms with Gasteiger partial charge in [-0.15, -0.1) is 24.0 Å². The Morgan fingerprint density at radius 3 is 3.00 bits per heavy atom. The van der Waals surface area contributed by atoms with Crippen molar-refractivity contribution < 1.29 is 0 Å². The Bertz CT molecular complexity index is 508. The van der Waals surface area contributed by atoms with Crippen molar-refractivity contribution in [2.45, 2.75) is 6.54 Å². The normalized spacial score (nSPS) is 10.8. The van der Waals surface area contributed by atoms with E-state index >= 15 is 0 Å². The Hall–Kier alpha value is -1.64. The van der Waals surface area contributed by atoms with Crippen molar-refractivity contribution in [2.24, 2.45) is 10.7 Å². The molecule has 0 amide bonds. The van der Waals surface area contributed by atoms with Crippen LogP contribution in [0.1, 0.15) is 5.56 Å². The number of pyridine rings is 1. The van der Waals surface area contributed by atoms with Crippen molar-refractivity contribution in [1.29, 1.82) is 0 Å². The smallest absolute Gasteiger partial charge is 0.188 e. The highest BCUT2D eigenvalue weighted by Gasteiger charge is 2.00. The summed E-state index contributed by atoms with van der Waals surface area (Å²) in [6.07, 6.45) is 5.31. The third-order valence-corrected chi connectivity index (χ3v) is 2.26. The van der Waals surface area contributed by atoms with Gasteiger partial charge in [-0.05, 0) is 23.8 Å². The number of aliphatic imine (C=N–C) groups is 1. The quantitative estimate of drug-likeness (QED) is 0.486. The maximum absolute atomic E-state index is 5.56. The van der Waals surface area contributed by atoms with Gasteiger partial charge in [0.1, 0.15) is 0 Å². The zero-order valence-corrected chi connectivity index (χ0v) is 12.3. The minimum absolute atomic E-state index is 0. The average molecular weight is 358 g/mol. The van der Waals surface area contributed by atoms with Gasteiger partial charge < -0.3 is 11.1 Å². The molecule has 0 aliphatic heterocycles. The van der Waals surface area contributed by atoms with Gasteiger partial charge in [-0.25, -0.2) is 9.67 Å². The molecule has 7 heteroatoms. The molecule has 0 atom stereocenters. The molecule has 2 rings (SSSR count). The van der Waals surface area contributed by atoms with E-state index in [0.717, 1.165) is 11.4 Å². The van der Waals surface area contributed by atoms with Crippen molar-refractivity contribution in [3.05, 3.63) is 42.4 Å². The molecule has 0 fully saturated rings. The Morgan fingerprint density at radius 1 is 1.50 bits per heavy atom. The van der Waals surface area contributed by atoms with E-state index in [1.807, 2.05) is 24.4 Å². The number of hydrogen-bond acceptors (Lipinski definition) is 3. The van der Waals surface area contributed by atoms with E-state index in [9.17, 15) is 0 Å². The van der Waals surface area contributed by atoms with Crippen LogP contribution in [0.3, 0.4) is 0 Å². The lowest BCUT2D eigenvalue weighted by molar-refractivity contribution is 0.833. The van der Waals surface area contributed by atoms with E-state index in [1.54, 1.807) is 24.1 Å². The monoisotopic (exact) mass is 358 g/mol. The molecule has 0 saturated heterocycles. The molecule has 6 nitrogen and oxygen atoms in total. The number of nitrogens with two attached hydrogens (primary N) is 1. The van der Waals surface area contributed by atoms with Crippen LogP contribution in [0.5, 0.6) is 0 Å². The summed E-state index contributed by atoms with van der Waals surface area (Å²) in [5.41, 5.74) is 6.63. The molecule has 0 unspecified atom stereocenters. The molecule has 0 aliphatic rings. The lowest BCUT2D eigenvalue weighted by Gasteiger charge is -2.06. The van der Waals surface area contributed by atoms with Gasteiger partial charge >= 0.3 is 0 Å². The summed E-state index contributed by atoms with van der Waals surface area (Å²) in [5.74, 6) is 1.20. The van der Waals surface area contributed by atoms with Crippen LogP contribution in [-0.2, 0) is 6.54 Å². The first-order valence-corrected chi connectivity index (χ1v) is 5.20. The molecule has 0 spiro atoms. The minimum atomic E-state index is 0. The molecule has 0 aromatic carbocycles. The summed E-state index contributed by atoms with van der Waals surface area (Å²) in [7, 11) is 1.64. The standard InChI is InChI=1S/C11H14N6.HI/c1-13-11(12)15-8-9-3-5-14-10(7-9)17-6-2-4-16-17;/h2-7H,8H2,1H3,(H3,12,13,15);1H. The van der Waals surface area contributed by atoms with Gasteiger partial charge in [0, 0.05) is 32.2 Å². The van der Waals surface area contributed by atoms with Gasteiger partial charge in [0.25, 0.3) is 0 Å². The molecule has 2 aromatic heterocycles. The molecule has 0 saturated carbocycles. The molecule has 96 valence electrons. The predicted octanol–water partition coefficient (Wildman–Crippen LogP) is 0.919. The maximum atomic E-state index is 5.56. The molecular formula is C11H15IN6. The van der Waals surface area contributed by atoms with E-state index in [0.29, 0.717) is 12.5 Å². The second-order valence-corrected chi connectivity index (χ2v) is 3.44. The molecule has 2 heterocycles. The Morgan fingerprint density at radius 2 is 2.33 bits per heavy atom. The van der Waals surface area contributed by atoms with Crippen LogP contribution in [0.4, 0.5) is 0 Å². The second-order valence-electron chi connectivity index (χ2n) is 3.44. The molecule has 2 aromatic rings. The van der Waals surface area contributed by atoms with E-state index < -0.39 is 0 Å². The molecule has 0 radical (unpaired) electrons. The van der Waals surface area contributed by atoms with Gasteiger partial charge in [-0.3, -0.25) is 4.99 Å². The maximum Gasteiger partial charge on any atom is 0.188 e. The highest BCUT2D eigenvalue weighted by Crippen LogP contribution is 2.05. The summed E-state index contributed by atoms with van der Waals surface area (Å²) in [4.78, 5) is 8.07. The molecule has 18 heavy (non-hydrogen) atoms.